The number of hydrogen-bond acceptors (Lipinski definition) is 4. The van der Waals surface area contributed by atoms with E-state index in [0.717, 1.165) is 19.6 Å². The molecule has 5 nitrogen and oxygen atoms in total. The summed E-state index contributed by atoms with van der Waals surface area (Å²) in [6, 6.07) is 0. The highest BCUT2D eigenvalue weighted by atomic mass is 16.5. The fourth-order valence-electron chi connectivity index (χ4n) is 2.65. The molecule has 0 spiro atoms. The third-order valence-corrected chi connectivity index (χ3v) is 4.33. The zero-order valence-corrected chi connectivity index (χ0v) is 12.4. The molecule has 2 heterocycles. The molecular formula is C14H25N3O2. The lowest BCUT2D eigenvalue weighted by molar-refractivity contribution is -0.0111. The van der Waals surface area contributed by atoms with Crippen LogP contribution in [-0.2, 0) is 17.8 Å². The van der Waals surface area contributed by atoms with E-state index in [9.17, 15) is 5.11 Å². The Morgan fingerprint density at radius 2 is 2.11 bits per heavy atom. The summed E-state index contributed by atoms with van der Waals surface area (Å²) in [4.78, 5) is 6.50. The van der Waals surface area contributed by atoms with Crippen LogP contribution in [0.25, 0.3) is 0 Å². The van der Waals surface area contributed by atoms with Crippen molar-refractivity contribution in [3.8, 4) is 0 Å². The standard InChI is InChI=1S/C14H25N3O2/c1-13(2)9-16(10-14(13,3)18)8-12-7-15-11-17(12)5-6-19-4/h7,11,18H,5-6,8-10H2,1-4H3/t14-/m0/s1. The van der Waals surface area contributed by atoms with E-state index in [0.29, 0.717) is 13.2 Å². The Morgan fingerprint density at radius 3 is 2.68 bits per heavy atom. The Morgan fingerprint density at radius 1 is 1.37 bits per heavy atom. The number of methoxy groups -OCH3 is 1. The van der Waals surface area contributed by atoms with Gasteiger partial charge in [0, 0.05) is 44.9 Å². The summed E-state index contributed by atoms with van der Waals surface area (Å²) in [5.74, 6) is 0. The second-order valence-corrected chi connectivity index (χ2v) is 6.37. The van der Waals surface area contributed by atoms with Crippen molar-refractivity contribution in [2.45, 2.75) is 39.5 Å². The molecule has 1 aliphatic heterocycles. The van der Waals surface area contributed by atoms with Gasteiger partial charge in [-0.2, -0.15) is 0 Å². The van der Waals surface area contributed by atoms with Crippen LogP contribution < -0.4 is 0 Å². The molecule has 1 N–H and O–H groups in total. The molecule has 1 aromatic rings. The molecule has 0 unspecified atom stereocenters. The summed E-state index contributed by atoms with van der Waals surface area (Å²) in [6.07, 6.45) is 3.74. The lowest BCUT2D eigenvalue weighted by Gasteiger charge is -2.31. The Kier molecular flexibility index (Phi) is 3.99. The summed E-state index contributed by atoms with van der Waals surface area (Å²) in [6.45, 7) is 10.1. The van der Waals surface area contributed by atoms with Gasteiger partial charge in [0.1, 0.15) is 0 Å². The molecule has 1 aromatic heterocycles. The van der Waals surface area contributed by atoms with E-state index in [1.54, 1.807) is 7.11 Å². The fourth-order valence-corrected chi connectivity index (χ4v) is 2.65. The molecule has 2 rings (SSSR count). The minimum absolute atomic E-state index is 0.0790. The monoisotopic (exact) mass is 267 g/mol. The van der Waals surface area contributed by atoms with Crippen LogP contribution in [0.4, 0.5) is 0 Å². The molecular weight excluding hydrogens is 242 g/mol. The van der Waals surface area contributed by atoms with Crippen LogP contribution in [0.3, 0.4) is 0 Å². The summed E-state index contributed by atoms with van der Waals surface area (Å²) >= 11 is 0. The van der Waals surface area contributed by atoms with Crippen molar-refractivity contribution in [3.05, 3.63) is 18.2 Å². The number of nitrogens with zero attached hydrogens (tertiary/aromatic N) is 3. The highest BCUT2D eigenvalue weighted by molar-refractivity contribution is 5.05. The first-order valence-corrected chi connectivity index (χ1v) is 6.78. The van der Waals surface area contributed by atoms with Crippen LogP contribution in [0.5, 0.6) is 0 Å². The Hall–Kier alpha value is -0.910. The first-order chi connectivity index (χ1) is 8.86. The summed E-state index contributed by atoms with van der Waals surface area (Å²) in [5, 5.41) is 10.4. The predicted octanol–water partition coefficient (Wildman–Crippen LogP) is 1.12. The smallest absolute Gasteiger partial charge is 0.0949 e. The minimum atomic E-state index is -0.635. The van der Waals surface area contributed by atoms with E-state index >= 15 is 0 Å². The largest absolute Gasteiger partial charge is 0.388 e. The van der Waals surface area contributed by atoms with Crippen molar-refractivity contribution in [1.29, 1.82) is 0 Å². The average Bonchev–Trinajstić information content (AvgIpc) is 2.79. The maximum absolute atomic E-state index is 10.4. The predicted molar refractivity (Wildman–Crippen MR) is 73.8 cm³/mol. The summed E-state index contributed by atoms with van der Waals surface area (Å²) < 4.78 is 7.22. The van der Waals surface area contributed by atoms with Crippen molar-refractivity contribution in [1.82, 2.24) is 14.5 Å². The normalized spacial score (nSPS) is 27.0. The van der Waals surface area contributed by atoms with Gasteiger partial charge < -0.3 is 14.4 Å². The van der Waals surface area contributed by atoms with Gasteiger partial charge in [0.15, 0.2) is 0 Å². The van der Waals surface area contributed by atoms with Gasteiger partial charge in [0.2, 0.25) is 0 Å². The molecule has 108 valence electrons. The van der Waals surface area contributed by atoms with Gasteiger partial charge >= 0.3 is 0 Å². The second-order valence-electron chi connectivity index (χ2n) is 6.37. The SMILES string of the molecule is COCCn1cncc1CN1CC(C)(C)[C@@](C)(O)C1. The quantitative estimate of drug-likeness (QED) is 0.868. The van der Waals surface area contributed by atoms with E-state index in [1.165, 1.54) is 5.69 Å². The van der Waals surface area contributed by atoms with E-state index in [1.807, 2.05) is 19.4 Å². The van der Waals surface area contributed by atoms with Crippen molar-refractivity contribution in [2.75, 3.05) is 26.8 Å². The summed E-state index contributed by atoms with van der Waals surface area (Å²) in [5.41, 5.74) is 0.458. The Bertz CT molecular complexity index is 410. The number of aromatic nitrogens is 2. The number of imidazole rings is 1. The third kappa shape index (κ3) is 2.99. The van der Waals surface area contributed by atoms with Crippen LogP contribution in [0.1, 0.15) is 26.5 Å². The van der Waals surface area contributed by atoms with E-state index in [4.69, 9.17) is 4.74 Å². The molecule has 0 saturated carbocycles. The van der Waals surface area contributed by atoms with Gasteiger partial charge in [-0.1, -0.05) is 13.8 Å². The summed E-state index contributed by atoms with van der Waals surface area (Å²) in [7, 11) is 1.71. The number of rotatable bonds is 5. The maximum atomic E-state index is 10.4. The lowest BCUT2D eigenvalue weighted by atomic mass is 9.79. The topological polar surface area (TPSA) is 50.5 Å². The van der Waals surface area contributed by atoms with Gasteiger partial charge in [0.05, 0.1) is 24.2 Å². The van der Waals surface area contributed by atoms with Gasteiger partial charge in [-0.3, -0.25) is 4.90 Å². The molecule has 1 fully saturated rings. The second kappa shape index (κ2) is 5.23. The molecule has 0 radical (unpaired) electrons. The Labute approximate surface area is 115 Å². The van der Waals surface area contributed by atoms with Crippen molar-refractivity contribution >= 4 is 0 Å². The fraction of sp³-hybridized carbons (Fsp3) is 0.786. The average molecular weight is 267 g/mol. The minimum Gasteiger partial charge on any atom is -0.388 e. The lowest BCUT2D eigenvalue weighted by Crippen LogP contribution is -2.40. The molecule has 0 aliphatic carbocycles. The molecule has 1 saturated heterocycles. The third-order valence-electron chi connectivity index (χ3n) is 4.33. The van der Waals surface area contributed by atoms with Crippen LogP contribution in [0.2, 0.25) is 0 Å². The van der Waals surface area contributed by atoms with E-state index < -0.39 is 5.60 Å². The van der Waals surface area contributed by atoms with Gasteiger partial charge in [-0.25, -0.2) is 4.98 Å². The molecule has 0 aromatic carbocycles. The number of ether oxygens (including phenoxy) is 1. The van der Waals surface area contributed by atoms with Crippen LogP contribution in [0.15, 0.2) is 12.5 Å². The molecule has 0 bridgehead atoms. The number of β-amino-alcohol motifs (C(OH)–C–C–N with tert-alkyl or cyclic N) is 1. The van der Waals surface area contributed by atoms with Gasteiger partial charge in [-0.05, 0) is 6.92 Å². The molecule has 0 amide bonds. The zero-order valence-electron chi connectivity index (χ0n) is 12.4. The van der Waals surface area contributed by atoms with Crippen LogP contribution in [0, 0.1) is 5.41 Å². The molecule has 19 heavy (non-hydrogen) atoms. The Balaban J connectivity index is 2.01. The first kappa shape index (κ1) is 14.5. The molecule has 5 heteroatoms. The zero-order chi connectivity index (χ0) is 14.1. The van der Waals surface area contributed by atoms with Crippen molar-refractivity contribution < 1.29 is 9.84 Å². The maximum Gasteiger partial charge on any atom is 0.0949 e. The number of hydrogen-bond donors (Lipinski definition) is 1. The van der Waals surface area contributed by atoms with E-state index in [2.05, 4.69) is 28.3 Å². The number of likely N-dealkylation sites (tertiary alicyclic amines) is 1. The molecule has 1 aliphatic rings. The van der Waals surface area contributed by atoms with E-state index in [-0.39, 0.29) is 5.41 Å². The van der Waals surface area contributed by atoms with Crippen molar-refractivity contribution in [3.63, 3.8) is 0 Å². The molecule has 1 atom stereocenters. The van der Waals surface area contributed by atoms with Gasteiger partial charge in [-0.15, -0.1) is 0 Å². The highest BCUT2D eigenvalue weighted by Gasteiger charge is 2.47. The van der Waals surface area contributed by atoms with Gasteiger partial charge in [0.25, 0.3) is 0 Å². The van der Waals surface area contributed by atoms with Crippen LogP contribution >= 0.6 is 0 Å². The highest BCUT2D eigenvalue weighted by Crippen LogP contribution is 2.38. The first-order valence-electron chi connectivity index (χ1n) is 6.78. The van der Waals surface area contributed by atoms with Crippen molar-refractivity contribution in [2.24, 2.45) is 5.41 Å². The van der Waals surface area contributed by atoms with Crippen LogP contribution in [-0.4, -0.2) is 52.0 Å². The number of aliphatic hydroxyl groups is 1.